The number of carbonyl (C=O) groups is 2. The minimum absolute atomic E-state index is 0.0501. The Balaban J connectivity index is 0.00000387. The highest BCUT2D eigenvalue weighted by Gasteiger charge is 2.22. The maximum atomic E-state index is 12.2. The summed E-state index contributed by atoms with van der Waals surface area (Å²) >= 11 is 0. The second-order valence-corrected chi connectivity index (χ2v) is 9.67. The molecule has 1 rings (SSSR count). The van der Waals surface area contributed by atoms with Crippen LogP contribution in [0, 0.1) is 29.6 Å². The maximum Gasteiger partial charge on any atom is 0.373 e. The lowest BCUT2D eigenvalue weighted by atomic mass is 9.76. The Hall–Kier alpha value is -3.18. The molecule has 1 aromatic rings. The molecule has 9 heteroatoms. The van der Waals surface area contributed by atoms with Crippen molar-refractivity contribution in [2.24, 2.45) is 17.3 Å². The lowest BCUT2D eigenvalue weighted by Gasteiger charge is -2.29. The molecule has 0 heterocycles. The quantitative estimate of drug-likeness (QED) is 0.201. The average Bonchev–Trinajstić information content (AvgIpc) is 2.79. The lowest BCUT2D eigenvalue weighted by Crippen LogP contribution is -2.26. The lowest BCUT2D eigenvalue weighted by molar-refractivity contribution is -0.191. The van der Waals surface area contributed by atoms with Crippen LogP contribution in [0.25, 0.3) is 0 Å². The van der Waals surface area contributed by atoms with Crippen LogP contribution in [0.2, 0.25) is 0 Å². The average molecular weight is 505 g/mol. The normalized spacial score (nSPS) is 12.2. The van der Waals surface area contributed by atoms with Gasteiger partial charge in [-0.05, 0) is 53.7 Å². The van der Waals surface area contributed by atoms with E-state index in [2.05, 4.69) is 45.3 Å². The van der Waals surface area contributed by atoms with Crippen LogP contribution < -0.4 is 10.6 Å². The smallest absolute Gasteiger partial charge is 0.373 e. The number of anilines is 1. The van der Waals surface area contributed by atoms with E-state index in [1.54, 1.807) is 6.07 Å². The molecule has 0 aromatic heterocycles. The molecule has 200 valence electrons. The van der Waals surface area contributed by atoms with E-state index >= 15 is 0 Å². The van der Waals surface area contributed by atoms with E-state index in [-0.39, 0.29) is 36.3 Å². The van der Waals surface area contributed by atoms with Gasteiger partial charge in [0.2, 0.25) is 5.91 Å². The predicted molar refractivity (Wildman–Crippen MR) is 136 cm³/mol. The topological polar surface area (TPSA) is 131 Å². The first kappa shape index (κ1) is 32.8. The minimum atomic E-state index is -0.470. The van der Waals surface area contributed by atoms with Crippen molar-refractivity contribution in [1.82, 2.24) is 5.32 Å². The highest BCUT2D eigenvalue weighted by atomic mass is 16.5. The number of hydrogen-bond acceptors (Lipinski definition) is 7. The van der Waals surface area contributed by atoms with Crippen molar-refractivity contribution >= 4 is 23.7 Å². The van der Waals surface area contributed by atoms with Crippen molar-refractivity contribution < 1.29 is 33.8 Å². The fraction of sp³-hybridized carbons (Fsp3) is 0.593. The van der Waals surface area contributed by atoms with Crippen LogP contribution in [0.15, 0.2) is 18.2 Å². The van der Waals surface area contributed by atoms with Crippen molar-refractivity contribution in [3.8, 4) is 18.1 Å². The number of phenolic OH excluding ortho intramolecular Hbond substituents is 1. The number of aromatic hydroxyl groups is 1. The van der Waals surface area contributed by atoms with Crippen LogP contribution in [0.1, 0.15) is 53.0 Å². The molecule has 0 radical (unpaired) electrons. The highest BCUT2D eigenvalue weighted by Crippen LogP contribution is 2.32. The summed E-state index contributed by atoms with van der Waals surface area (Å²) in [5.74, 6) is 2.40. The van der Waals surface area contributed by atoms with Gasteiger partial charge in [0.25, 0.3) is 5.91 Å². The SMILES string of the molecule is C#CC(=O)NCCOCCOCCC(=O)Nc1cc(C[C@H](C)CC(C)C(C)(C)C)ccc1O.O=C=O. The molecule has 9 nitrogen and oxygen atoms in total. The van der Waals surface area contributed by atoms with Gasteiger partial charge < -0.3 is 25.2 Å². The first-order valence-corrected chi connectivity index (χ1v) is 12.0. The molecule has 36 heavy (non-hydrogen) atoms. The summed E-state index contributed by atoms with van der Waals surface area (Å²) in [7, 11) is 0. The van der Waals surface area contributed by atoms with Gasteiger partial charge in [-0.2, -0.15) is 9.59 Å². The minimum Gasteiger partial charge on any atom is -0.506 e. The third kappa shape index (κ3) is 15.7. The first-order valence-electron chi connectivity index (χ1n) is 12.0. The summed E-state index contributed by atoms with van der Waals surface area (Å²) in [6, 6.07) is 5.38. The molecular formula is C27H40N2O7. The van der Waals surface area contributed by atoms with Gasteiger partial charge in [0.1, 0.15) is 5.75 Å². The highest BCUT2D eigenvalue weighted by molar-refractivity contribution is 5.93. The van der Waals surface area contributed by atoms with E-state index in [0.717, 1.165) is 18.4 Å². The van der Waals surface area contributed by atoms with Gasteiger partial charge in [0.05, 0.1) is 38.5 Å². The molecule has 0 aliphatic carbocycles. The van der Waals surface area contributed by atoms with Crippen LogP contribution in [-0.4, -0.2) is 56.0 Å². The number of ether oxygens (including phenoxy) is 2. The number of benzene rings is 1. The summed E-state index contributed by atoms with van der Waals surface area (Å²) in [4.78, 5) is 39.3. The molecule has 0 saturated carbocycles. The zero-order valence-corrected chi connectivity index (χ0v) is 22.0. The van der Waals surface area contributed by atoms with E-state index in [0.29, 0.717) is 43.9 Å². The molecule has 0 saturated heterocycles. The molecule has 0 aliphatic rings. The maximum absolute atomic E-state index is 12.2. The van der Waals surface area contributed by atoms with Crippen molar-refractivity contribution in [1.29, 1.82) is 0 Å². The Morgan fingerprint density at radius 1 is 1.08 bits per heavy atom. The summed E-state index contributed by atoms with van der Waals surface area (Å²) in [5.41, 5.74) is 1.78. The molecule has 0 spiro atoms. The van der Waals surface area contributed by atoms with Crippen LogP contribution in [0.5, 0.6) is 5.75 Å². The molecule has 3 N–H and O–H groups in total. The van der Waals surface area contributed by atoms with Gasteiger partial charge in [0.15, 0.2) is 0 Å². The van der Waals surface area contributed by atoms with Crippen molar-refractivity contribution in [2.45, 2.75) is 53.9 Å². The molecule has 1 unspecified atom stereocenters. The number of phenols is 1. The largest absolute Gasteiger partial charge is 0.506 e. The van der Waals surface area contributed by atoms with E-state index < -0.39 is 5.91 Å². The molecule has 2 amide bonds. The zero-order valence-electron chi connectivity index (χ0n) is 22.0. The van der Waals surface area contributed by atoms with Gasteiger partial charge in [-0.3, -0.25) is 9.59 Å². The summed E-state index contributed by atoms with van der Waals surface area (Å²) in [5, 5.41) is 15.4. The number of nitrogens with one attached hydrogen (secondary N) is 2. The number of rotatable bonds is 14. The molecule has 0 fully saturated rings. The summed E-state index contributed by atoms with van der Waals surface area (Å²) in [6.45, 7) is 12.9. The number of hydrogen-bond donors (Lipinski definition) is 3. The van der Waals surface area contributed by atoms with Crippen molar-refractivity contribution in [3.63, 3.8) is 0 Å². The van der Waals surface area contributed by atoms with E-state index in [1.165, 1.54) is 0 Å². The molecule has 0 bridgehead atoms. The van der Waals surface area contributed by atoms with Gasteiger partial charge in [-0.15, -0.1) is 6.42 Å². The Kier molecular flexibility index (Phi) is 16.5. The molecule has 0 aliphatic heterocycles. The van der Waals surface area contributed by atoms with E-state index in [1.807, 2.05) is 18.1 Å². The first-order chi connectivity index (χ1) is 16.9. The Morgan fingerprint density at radius 2 is 1.69 bits per heavy atom. The second-order valence-electron chi connectivity index (χ2n) is 9.67. The third-order valence-electron chi connectivity index (χ3n) is 5.66. The fourth-order valence-electron chi connectivity index (χ4n) is 3.24. The summed E-state index contributed by atoms with van der Waals surface area (Å²) < 4.78 is 10.7. The second kappa shape index (κ2) is 18.1. The van der Waals surface area contributed by atoms with Crippen LogP contribution in [-0.2, 0) is 35.1 Å². The van der Waals surface area contributed by atoms with Gasteiger partial charge in [-0.25, -0.2) is 0 Å². The van der Waals surface area contributed by atoms with E-state index in [9.17, 15) is 14.7 Å². The van der Waals surface area contributed by atoms with Gasteiger partial charge in [0, 0.05) is 6.54 Å². The van der Waals surface area contributed by atoms with Crippen molar-refractivity contribution in [2.75, 3.05) is 38.3 Å². The van der Waals surface area contributed by atoms with Gasteiger partial charge in [-0.1, -0.05) is 40.7 Å². The monoisotopic (exact) mass is 504 g/mol. The third-order valence-corrected chi connectivity index (χ3v) is 5.66. The fourth-order valence-corrected chi connectivity index (χ4v) is 3.24. The molecular weight excluding hydrogens is 464 g/mol. The molecule has 2 atom stereocenters. The summed E-state index contributed by atoms with van der Waals surface area (Å²) in [6.07, 6.45) is 7.36. The Labute approximate surface area is 214 Å². The van der Waals surface area contributed by atoms with E-state index in [4.69, 9.17) is 25.5 Å². The number of amides is 2. The van der Waals surface area contributed by atoms with Crippen LogP contribution in [0.4, 0.5) is 5.69 Å². The predicted octanol–water partition coefficient (Wildman–Crippen LogP) is 3.17. The van der Waals surface area contributed by atoms with Crippen LogP contribution >= 0.6 is 0 Å². The molecule has 1 aromatic carbocycles. The number of terminal acetylenes is 1. The Morgan fingerprint density at radius 3 is 2.28 bits per heavy atom. The Bertz CT molecular complexity index is 881. The van der Waals surface area contributed by atoms with Gasteiger partial charge >= 0.3 is 6.15 Å². The van der Waals surface area contributed by atoms with Crippen molar-refractivity contribution in [3.05, 3.63) is 23.8 Å². The van der Waals surface area contributed by atoms with Crippen LogP contribution in [0.3, 0.4) is 0 Å². The standard InChI is InChI=1S/C26H40N2O5.CO2/c1-7-24(30)27-11-13-33-15-14-32-12-10-25(31)28-22-18-21(8-9-23(22)29)17-19(2)16-20(3)26(4,5)6;2-1-3/h1,8-9,18-20,29H,10-17H2,2-6H3,(H,27,30)(H,28,31);/t19-,20?;/m1./s1. The zero-order chi connectivity index (χ0) is 27.6. The number of carbonyl (C=O) groups excluding carboxylic acids is 4.